The number of aromatic nitrogens is 10. The number of hydrogen-bond acceptors (Lipinski definition) is 19. The fraction of sp³-hybridized carbons (Fsp3) is 0.188. The van der Waals surface area contributed by atoms with E-state index in [-0.39, 0.29) is 50.0 Å². The van der Waals surface area contributed by atoms with Crippen molar-refractivity contribution in [2.45, 2.75) is 80.4 Å². The number of nitrogens with one attached hydrogen (secondary N) is 2. The molecule has 13 aromatic rings. The number of imidazole rings is 5. The number of nitrogens with zero attached hydrogens (tertiary/aromatic N) is 13. The van der Waals surface area contributed by atoms with Gasteiger partial charge in [0.05, 0.1) is 150 Å². The summed E-state index contributed by atoms with van der Waals surface area (Å²) in [6.45, 7) is 17.0. The van der Waals surface area contributed by atoms with Crippen LogP contribution < -0.4 is 40.4 Å². The summed E-state index contributed by atoms with van der Waals surface area (Å²) in [4.78, 5) is 56.1. The zero-order valence-electron chi connectivity index (χ0n) is 72.2. The Hall–Kier alpha value is -15.3. The molecular weight excluding hydrogens is 1590 g/mol. The topological polar surface area (TPSA) is 306 Å². The Labute approximate surface area is 735 Å². The average molecular weight is 1710 g/mol. The van der Waals surface area contributed by atoms with Crippen LogP contribution in [0.1, 0.15) is 132 Å². The number of rotatable bonds is 25. The minimum Gasteiger partial charge on any atom is -0.495 e. The number of benzene rings is 8. The lowest BCUT2D eigenvalue weighted by atomic mass is 10.1. The molecule has 5 aromatic heterocycles. The Kier molecular flexibility index (Phi) is 39.3. The first kappa shape index (κ1) is 96.9. The standard InChI is InChI=1S/C23H25FN4O2.C22H23FN4O2.C14H15N3O2.C14H14N2O2.C12H12N2O2.C8H10FN.C3H4.6H2/c1-16-14-28(15-25-16)21-11-5-18(13-22(21)29-3)6-12-23(27-30-4)26-17(2)19-7-9-20(24)10-8-19;1-15-13-27(14-24-15)20-10-4-17(12-21(20)29-3)5-11-22(26-28)25-16(2)18-6-8-19(23)9-7-18;1-11-9-17(10-15-11)13-6-5-12(4-3-7-16-18)8-14(13)19-2;1-11-9-16(10-15-11)13-6-5-12(4-3-7-17)8-14(13)18-2;1-9-6-14(8-13-9)11-4-3-10(7-15)5-12(11)16-2;1-6(10)7-2-4-8(9)5-3-7;1-3-2;;;;;;/h5-15,17H,1-4H3,(H,26,27);4-14,16,28H,1-3H3,(H,25,26);3-10,18H,1-2H3;3-10H,1-2H3;3-8H,1-2H3;2-6H,10H2,1H3;1H,2H3;6*1H/b12-6+;11-5+;4-3+,16-7?;4-3+;;;;;;;;;. The van der Waals surface area contributed by atoms with Crippen LogP contribution in [0.5, 0.6) is 28.7 Å². The van der Waals surface area contributed by atoms with Crippen LogP contribution in [0.15, 0.2) is 266 Å². The van der Waals surface area contributed by atoms with E-state index in [4.69, 9.17) is 39.5 Å². The molecule has 0 aliphatic rings. The molecule has 0 radical (unpaired) electrons. The van der Waals surface area contributed by atoms with Crippen molar-refractivity contribution in [1.29, 1.82) is 0 Å². The molecule has 26 nitrogen and oxygen atoms in total. The van der Waals surface area contributed by atoms with Crippen molar-refractivity contribution < 1.29 is 70.3 Å². The summed E-state index contributed by atoms with van der Waals surface area (Å²) in [5.41, 5.74) is 26.6. The highest BCUT2D eigenvalue weighted by Gasteiger charge is 2.14. The number of oxime groups is 1. The maximum absolute atomic E-state index is 13.1. The van der Waals surface area contributed by atoms with E-state index in [2.05, 4.69) is 63.4 Å². The number of aliphatic imine (C=N–C) groups is 2. The summed E-state index contributed by atoms with van der Waals surface area (Å²) in [5.74, 6) is 5.86. The van der Waals surface area contributed by atoms with Crippen LogP contribution in [0.4, 0.5) is 13.2 Å². The number of ether oxygens (including phenoxy) is 5. The summed E-state index contributed by atoms with van der Waals surface area (Å²) in [6.07, 6.45) is 39.6. The van der Waals surface area contributed by atoms with Crippen molar-refractivity contribution >= 4 is 54.8 Å². The third kappa shape index (κ3) is 30.8. The Balaban J connectivity index is 0.000000795. The van der Waals surface area contributed by atoms with Crippen molar-refractivity contribution in [1.82, 2.24) is 58.7 Å². The molecule has 3 unspecified atom stereocenters. The first-order valence-corrected chi connectivity index (χ1v) is 38.8. The number of nitrogens with two attached hydrogens (primary N) is 1. The van der Waals surface area contributed by atoms with Gasteiger partial charge >= 0.3 is 0 Å². The van der Waals surface area contributed by atoms with E-state index in [0.717, 1.165) is 126 Å². The van der Waals surface area contributed by atoms with E-state index in [0.29, 0.717) is 22.9 Å². The number of halogens is 3. The first-order chi connectivity index (χ1) is 60.3. The highest BCUT2D eigenvalue weighted by molar-refractivity contribution is 5.96. The highest BCUT2D eigenvalue weighted by atomic mass is 19.1. The molecule has 0 saturated heterocycles. The van der Waals surface area contributed by atoms with Gasteiger partial charge in [-0.2, -0.15) is 0 Å². The fourth-order valence-electron chi connectivity index (χ4n) is 11.6. The lowest BCUT2D eigenvalue weighted by molar-refractivity contribution is -0.104. The highest BCUT2D eigenvalue weighted by Crippen LogP contribution is 2.31. The van der Waals surface area contributed by atoms with E-state index in [9.17, 15) is 28.0 Å². The number of aldehydes is 2. The molecule has 6 N–H and O–H groups in total. The summed E-state index contributed by atoms with van der Waals surface area (Å²) < 4.78 is 75.1. The van der Waals surface area contributed by atoms with Gasteiger partial charge in [0, 0.05) is 51.1 Å². The minimum absolute atomic E-state index is 0. The van der Waals surface area contributed by atoms with Gasteiger partial charge in [-0.05, 0) is 229 Å². The van der Waals surface area contributed by atoms with Crippen LogP contribution >= 0.6 is 0 Å². The zero-order valence-corrected chi connectivity index (χ0v) is 72.2. The predicted octanol–water partition coefficient (Wildman–Crippen LogP) is 20.2. The molecule has 0 spiro atoms. The lowest BCUT2D eigenvalue weighted by Crippen LogP contribution is -2.20. The molecule has 3 atom stereocenters. The number of methoxy groups -OCH3 is 5. The normalized spacial score (nSPS) is 11.8. The number of aryl methyl sites for hydroxylation is 5. The quantitative estimate of drug-likeness (QED) is 0.00675. The molecular formula is C96H115F3N16O10. The second kappa shape index (κ2) is 50.7. The molecule has 0 saturated carbocycles. The Bertz CT molecular complexity index is 5870. The molecule has 0 bridgehead atoms. The minimum atomic E-state index is -0.298. The van der Waals surface area contributed by atoms with Gasteiger partial charge in [-0.1, -0.05) is 90.1 Å². The van der Waals surface area contributed by atoms with Crippen LogP contribution in [-0.4, -0.2) is 131 Å². The van der Waals surface area contributed by atoms with Crippen molar-refractivity contribution in [3.05, 3.63) is 341 Å². The molecule has 0 aliphatic carbocycles. The summed E-state index contributed by atoms with van der Waals surface area (Å²) in [7, 11) is 9.61. The number of terminal acetylenes is 1. The third-order valence-corrected chi connectivity index (χ3v) is 17.9. The van der Waals surface area contributed by atoms with Crippen LogP contribution in [0, 0.1) is 64.4 Å². The molecule has 0 aliphatic heterocycles. The van der Waals surface area contributed by atoms with Crippen molar-refractivity contribution in [3.8, 4) is 69.5 Å². The SMILES string of the molecule is C#CC.CC(N)c1ccc(F)cc1.CONC(/C=C/c1ccc(-n2cnc(C)c2)c(OC)c1)=NC(C)c1ccc(F)cc1.COc1cc(/C=C/C(=NC(C)c2ccc(F)cc2)NO)ccc1-n1cnc(C)c1.COc1cc(/C=C/C=NO)ccc1-n1cnc(C)c1.COc1cc(/C=C/C=O)ccc1-n1cnc(C)c1.COc1cc(C=O)ccc1-n1cnc(C)c1.[HH].[HH].[HH].[HH].[HH].[HH]. The largest absolute Gasteiger partial charge is 0.495 e. The Morgan fingerprint density at radius 2 is 0.728 bits per heavy atom. The number of carbonyl (C=O) groups is 2. The second-order valence-corrected chi connectivity index (χ2v) is 27.2. The van der Waals surface area contributed by atoms with Gasteiger partial charge in [0.1, 0.15) is 70.4 Å². The van der Waals surface area contributed by atoms with Gasteiger partial charge < -0.3 is 57.5 Å². The maximum Gasteiger partial charge on any atom is 0.150 e. The van der Waals surface area contributed by atoms with Crippen molar-refractivity contribution in [3.63, 3.8) is 0 Å². The summed E-state index contributed by atoms with van der Waals surface area (Å²) in [6, 6.07) is 46.7. The zero-order chi connectivity index (χ0) is 90.7. The van der Waals surface area contributed by atoms with E-state index < -0.39 is 0 Å². The number of carbonyl (C=O) groups excluding carboxylic acids is 2. The number of hydroxylamine groups is 2. The Morgan fingerprint density at radius 1 is 0.448 bits per heavy atom. The van der Waals surface area contributed by atoms with E-state index in [1.807, 2.05) is 212 Å². The maximum atomic E-state index is 13.1. The molecule has 8 aromatic carbocycles. The third-order valence-electron chi connectivity index (χ3n) is 17.9. The monoisotopic (exact) mass is 1710 g/mol. The smallest absolute Gasteiger partial charge is 0.150 e. The molecule has 660 valence electrons. The molecule has 5 heterocycles. The summed E-state index contributed by atoms with van der Waals surface area (Å²) in [5, 5.41) is 20.6. The second-order valence-electron chi connectivity index (χ2n) is 27.2. The van der Waals surface area contributed by atoms with E-state index in [1.165, 1.54) is 55.8 Å². The van der Waals surface area contributed by atoms with E-state index >= 15 is 0 Å². The molecule has 13 rings (SSSR count). The predicted molar refractivity (Wildman–Crippen MR) is 498 cm³/mol. The van der Waals surface area contributed by atoms with Gasteiger partial charge in [-0.3, -0.25) is 35.1 Å². The number of amidine groups is 2. The van der Waals surface area contributed by atoms with E-state index in [1.54, 1.807) is 141 Å². The van der Waals surface area contributed by atoms with Gasteiger partial charge in [0.2, 0.25) is 0 Å². The van der Waals surface area contributed by atoms with Crippen LogP contribution in [0.25, 0.3) is 52.7 Å². The average Bonchev–Trinajstić information content (AvgIpc) is 1.78. The molecule has 0 amide bonds. The van der Waals surface area contributed by atoms with Crippen molar-refractivity contribution in [2.75, 3.05) is 42.7 Å². The van der Waals surface area contributed by atoms with Gasteiger partial charge in [-0.25, -0.2) is 43.6 Å². The van der Waals surface area contributed by atoms with Gasteiger partial charge in [0.15, 0.2) is 0 Å². The summed E-state index contributed by atoms with van der Waals surface area (Å²) >= 11 is 0. The van der Waals surface area contributed by atoms with Crippen LogP contribution in [-0.2, 0) is 9.63 Å². The molecule has 29 heteroatoms. The number of allylic oxidation sites excluding steroid dienone is 2. The van der Waals surface area contributed by atoms with Gasteiger partial charge in [0.25, 0.3) is 0 Å². The van der Waals surface area contributed by atoms with Crippen molar-refractivity contribution in [2.24, 2.45) is 20.9 Å². The molecule has 0 fully saturated rings. The molecule has 125 heavy (non-hydrogen) atoms. The Morgan fingerprint density at radius 3 is 0.992 bits per heavy atom. The lowest BCUT2D eigenvalue weighted by Gasteiger charge is -2.11. The fourth-order valence-corrected chi connectivity index (χ4v) is 11.6. The van der Waals surface area contributed by atoms with Crippen LogP contribution in [0.3, 0.4) is 0 Å². The first-order valence-electron chi connectivity index (χ1n) is 38.8. The van der Waals surface area contributed by atoms with Crippen LogP contribution in [0.2, 0.25) is 0 Å². The van der Waals surface area contributed by atoms with Gasteiger partial charge in [-0.15, -0.1) is 12.3 Å². The number of hydrogen-bond donors (Lipinski definition) is 5.